The lowest BCUT2D eigenvalue weighted by molar-refractivity contribution is 0.0745. The molecule has 1 atom stereocenters. The molecule has 160 valence electrons. The van der Waals surface area contributed by atoms with E-state index in [0.29, 0.717) is 18.7 Å². The molecule has 6 heteroatoms. The Labute approximate surface area is 179 Å². The van der Waals surface area contributed by atoms with E-state index in [9.17, 15) is 9.59 Å². The van der Waals surface area contributed by atoms with Gasteiger partial charge in [-0.25, -0.2) is 4.98 Å². The second-order valence-electron chi connectivity index (χ2n) is 8.17. The first-order chi connectivity index (χ1) is 14.4. The summed E-state index contributed by atoms with van der Waals surface area (Å²) in [7, 11) is 0. The standard InChI is InChI=1S/C24H32N4O2/c1-5-6-19(4)26-23(29)20-8-10-22(25-16-20)27-11-13-28(14-12-27)24(30)21-9-7-17(2)15-18(21)3/h7-10,15-16,19H,5-6,11-14H2,1-4H3,(H,26,29). The van der Waals surface area contributed by atoms with E-state index in [1.807, 2.05) is 56.0 Å². The first-order valence-electron chi connectivity index (χ1n) is 10.8. The van der Waals surface area contributed by atoms with E-state index in [4.69, 9.17) is 0 Å². The van der Waals surface area contributed by atoms with E-state index in [1.54, 1.807) is 6.20 Å². The number of aryl methyl sites for hydroxylation is 2. The van der Waals surface area contributed by atoms with Gasteiger partial charge in [-0.15, -0.1) is 0 Å². The highest BCUT2D eigenvalue weighted by Crippen LogP contribution is 2.18. The average molecular weight is 409 g/mol. The Morgan fingerprint density at radius 2 is 1.83 bits per heavy atom. The van der Waals surface area contributed by atoms with Gasteiger partial charge in [0.1, 0.15) is 5.82 Å². The summed E-state index contributed by atoms with van der Waals surface area (Å²) in [6, 6.07) is 9.83. The highest BCUT2D eigenvalue weighted by atomic mass is 16.2. The second kappa shape index (κ2) is 9.74. The molecule has 2 amide bonds. The molecule has 1 unspecified atom stereocenters. The predicted molar refractivity (Wildman–Crippen MR) is 120 cm³/mol. The van der Waals surface area contributed by atoms with Gasteiger partial charge in [0.2, 0.25) is 0 Å². The maximum atomic E-state index is 12.9. The Morgan fingerprint density at radius 3 is 2.43 bits per heavy atom. The van der Waals surface area contributed by atoms with Crippen molar-refractivity contribution >= 4 is 17.6 Å². The van der Waals surface area contributed by atoms with Crippen LogP contribution in [0.3, 0.4) is 0 Å². The van der Waals surface area contributed by atoms with Crippen LogP contribution in [-0.2, 0) is 0 Å². The summed E-state index contributed by atoms with van der Waals surface area (Å²) in [5.41, 5.74) is 3.54. The van der Waals surface area contributed by atoms with Crippen LogP contribution in [0.25, 0.3) is 0 Å². The maximum absolute atomic E-state index is 12.9. The smallest absolute Gasteiger partial charge is 0.254 e. The number of hydrogen-bond donors (Lipinski definition) is 1. The number of nitrogens with zero attached hydrogens (tertiary/aromatic N) is 3. The van der Waals surface area contributed by atoms with Crippen LogP contribution in [0.5, 0.6) is 0 Å². The van der Waals surface area contributed by atoms with E-state index in [2.05, 4.69) is 22.1 Å². The number of nitrogens with one attached hydrogen (secondary N) is 1. The van der Waals surface area contributed by atoms with Crippen molar-refractivity contribution < 1.29 is 9.59 Å². The van der Waals surface area contributed by atoms with Crippen LogP contribution in [-0.4, -0.2) is 53.9 Å². The number of aromatic nitrogens is 1. The molecule has 1 N–H and O–H groups in total. The zero-order valence-electron chi connectivity index (χ0n) is 18.4. The first-order valence-corrected chi connectivity index (χ1v) is 10.8. The number of benzene rings is 1. The van der Waals surface area contributed by atoms with Gasteiger partial charge in [0.25, 0.3) is 11.8 Å². The zero-order chi connectivity index (χ0) is 21.7. The molecular formula is C24H32N4O2. The molecule has 1 aliphatic rings. The number of amides is 2. The third-order valence-corrected chi connectivity index (χ3v) is 5.61. The van der Waals surface area contributed by atoms with Crippen molar-refractivity contribution in [1.82, 2.24) is 15.2 Å². The fourth-order valence-corrected chi connectivity index (χ4v) is 3.88. The van der Waals surface area contributed by atoms with Crippen molar-refractivity contribution in [3.05, 3.63) is 58.8 Å². The monoisotopic (exact) mass is 408 g/mol. The summed E-state index contributed by atoms with van der Waals surface area (Å²) < 4.78 is 0. The van der Waals surface area contributed by atoms with E-state index in [0.717, 1.165) is 48.4 Å². The van der Waals surface area contributed by atoms with Crippen LogP contribution in [0.15, 0.2) is 36.5 Å². The Balaban J connectivity index is 1.57. The van der Waals surface area contributed by atoms with Crippen molar-refractivity contribution in [1.29, 1.82) is 0 Å². The summed E-state index contributed by atoms with van der Waals surface area (Å²) in [6.45, 7) is 10.9. The minimum atomic E-state index is -0.0844. The topological polar surface area (TPSA) is 65.5 Å². The molecule has 0 spiro atoms. The van der Waals surface area contributed by atoms with E-state index in [1.165, 1.54) is 0 Å². The largest absolute Gasteiger partial charge is 0.353 e. The van der Waals surface area contributed by atoms with Crippen LogP contribution >= 0.6 is 0 Å². The van der Waals surface area contributed by atoms with Gasteiger partial charge in [-0.3, -0.25) is 9.59 Å². The predicted octanol–water partition coefficient (Wildman–Crippen LogP) is 3.58. The van der Waals surface area contributed by atoms with Crippen LogP contribution in [0.2, 0.25) is 0 Å². The second-order valence-corrected chi connectivity index (χ2v) is 8.17. The summed E-state index contributed by atoms with van der Waals surface area (Å²) >= 11 is 0. The van der Waals surface area contributed by atoms with Crippen molar-refractivity contribution in [2.45, 2.75) is 46.6 Å². The van der Waals surface area contributed by atoms with Gasteiger partial charge >= 0.3 is 0 Å². The Morgan fingerprint density at radius 1 is 1.10 bits per heavy atom. The number of hydrogen-bond acceptors (Lipinski definition) is 4. The van der Waals surface area contributed by atoms with Gasteiger partial charge in [-0.1, -0.05) is 31.0 Å². The molecule has 1 aliphatic heterocycles. The van der Waals surface area contributed by atoms with Crippen LogP contribution in [0.1, 0.15) is 58.5 Å². The fourth-order valence-electron chi connectivity index (χ4n) is 3.88. The Bertz CT molecular complexity index is 887. The molecule has 0 saturated carbocycles. The van der Waals surface area contributed by atoms with Crippen molar-refractivity contribution in [2.75, 3.05) is 31.1 Å². The highest BCUT2D eigenvalue weighted by molar-refractivity contribution is 5.96. The molecular weight excluding hydrogens is 376 g/mol. The van der Waals surface area contributed by atoms with Crippen LogP contribution in [0.4, 0.5) is 5.82 Å². The number of pyridine rings is 1. The number of rotatable bonds is 6. The van der Waals surface area contributed by atoms with Crippen LogP contribution < -0.4 is 10.2 Å². The quantitative estimate of drug-likeness (QED) is 0.793. The molecule has 6 nitrogen and oxygen atoms in total. The van der Waals surface area contributed by atoms with Crippen molar-refractivity contribution in [2.24, 2.45) is 0 Å². The average Bonchev–Trinajstić information content (AvgIpc) is 2.74. The van der Waals surface area contributed by atoms with Gasteiger partial charge in [0.15, 0.2) is 0 Å². The molecule has 1 fully saturated rings. The normalized spacial score (nSPS) is 15.1. The summed E-state index contributed by atoms with van der Waals surface area (Å²) in [4.78, 5) is 33.7. The third kappa shape index (κ3) is 5.17. The molecule has 1 saturated heterocycles. The Hall–Kier alpha value is -2.89. The van der Waals surface area contributed by atoms with Gasteiger partial charge in [0.05, 0.1) is 5.56 Å². The molecule has 30 heavy (non-hydrogen) atoms. The number of piperazine rings is 1. The minimum Gasteiger partial charge on any atom is -0.353 e. The minimum absolute atomic E-state index is 0.0844. The molecule has 0 aliphatic carbocycles. The van der Waals surface area contributed by atoms with Gasteiger partial charge in [-0.2, -0.15) is 0 Å². The fraction of sp³-hybridized carbons (Fsp3) is 0.458. The number of anilines is 1. The van der Waals surface area contributed by atoms with Crippen molar-refractivity contribution in [3.8, 4) is 0 Å². The molecule has 0 radical (unpaired) electrons. The van der Waals surface area contributed by atoms with Crippen LogP contribution in [0, 0.1) is 13.8 Å². The number of carbonyl (C=O) groups excluding carboxylic acids is 2. The highest BCUT2D eigenvalue weighted by Gasteiger charge is 2.24. The lowest BCUT2D eigenvalue weighted by atomic mass is 10.0. The summed E-state index contributed by atoms with van der Waals surface area (Å²) in [5.74, 6) is 0.846. The van der Waals surface area contributed by atoms with Gasteiger partial charge in [-0.05, 0) is 51.0 Å². The lowest BCUT2D eigenvalue weighted by Crippen LogP contribution is -2.49. The Kier molecular flexibility index (Phi) is 7.08. The van der Waals surface area contributed by atoms with E-state index >= 15 is 0 Å². The lowest BCUT2D eigenvalue weighted by Gasteiger charge is -2.35. The van der Waals surface area contributed by atoms with E-state index in [-0.39, 0.29) is 17.9 Å². The molecule has 0 bridgehead atoms. The molecule has 3 rings (SSSR count). The molecule has 2 heterocycles. The third-order valence-electron chi connectivity index (χ3n) is 5.61. The maximum Gasteiger partial charge on any atom is 0.254 e. The molecule has 2 aromatic rings. The zero-order valence-corrected chi connectivity index (χ0v) is 18.4. The summed E-state index contributed by atoms with van der Waals surface area (Å²) in [6.07, 6.45) is 3.63. The van der Waals surface area contributed by atoms with Gasteiger partial charge < -0.3 is 15.1 Å². The van der Waals surface area contributed by atoms with Crippen molar-refractivity contribution in [3.63, 3.8) is 0 Å². The molecule has 1 aromatic carbocycles. The SMILES string of the molecule is CCCC(C)NC(=O)c1ccc(N2CCN(C(=O)c3ccc(C)cc3C)CC2)nc1. The first kappa shape index (κ1) is 21.8. The summed E-state index contributed by atoms with van der Waals surface area (Å²) in [5, 5.41) is 3.00. The van der Waals surface area contributed by atoms with E-state index < -0.39 is 0 Å². The number of carbonyl (C=O) groups is 2. The van der Waals surface area contributed by atoms with Gasteiger partial charge in [0, 0.05) is 44.0 Å². The molecule has 1 aromatic heterocycles.